The minimum atomic E-state index is -0.576. The first-order chi connectivity index (χ1) is 6.79. The predicted molar refractivity (Wildman–Crippen MR) is 47.5 cm³/mol. The molecule has 0 spiro atoms. The zero-order valence-electron chi connectivity index (χ0n) is 7.57. The third-order valence-corrected chi connectivity index (χ3v) is 2.26. The summed E-state index contributed by atoms with van der Waals surface area (Å²) in [6, 6.07) is 1.39. The number of pyridine rings is 1. The monoisotopic (exact) mass is 195 g/mol. The first kappa shape index (κ1) is 9.27. The Morgan fingerprint density at radius 1 is 1.64 bits per heavy atom. The van der Waals surface area contributed by atoms with Crippen LogP contribution in [0.4, 0.5) is 4.39 Å². The van der Waals surface area contributed by atoms with Crippen LogP contribution in [-0.4, -0.2) is 23.5 Å². The summed E-state index contributed by atoms with van der Waals surface area (Å²) in [5.41, 5.74) is 0.0758. The van der Waals surface area contributed by atoms with Gasteiger partial charge in [0, 0.05) is 12.8 Å². The van der Waals surface area contributed by atoms with Crippen LogP contribution in [0, 0.1) is 5.82 Å². The molecule has 74 valence electrons. The van der Waals surface area contributed by atoms with Crippen molar-refractivity contribution in [3.8, 4) is 0 Å². The lowest BCUT2D eigenvalue weighted by Crippen LogP contribution is -2.20. The van der Waals surface area contributed by atoms with Crippen LogP contribution in [0.5, 0.6) is 0 Å². The molecule has 0 aromatic carbocycles. The highest BCUT2D eigenvalue weighted by Crippen LogP contribution is 2.18. The van der Waals surface area contributed by atoms with Crippen LogP contribution in [0.25, 0.3) is 0 Å². The van der Waals surface area contributed by atoms with Crippen LogP contribution in [-0.2, 0) is 4.74 Å². The summed E-state index contributed by atoms with van der Waals surface area (Å²) in [7, 11) is 0. The number of ether oxygens (including phenoxy) is 1. The van der Waals surface area contributed by atoms with Gasteiger partial charge in [-0.1, -0.05) is 0 Å². The molecule has 0 aliphatic carbocycles. The molecule has 0 radical (unpaired) electrons. The molecule has 2 rings (SSSR count). The molecule has 0 amide bonds. The Balaban J connectivity index is 2.22. The van der Waals surface area contributed by atoms with Gasteiger partial charge in [0.1, 0.15) is 6.10 Å². The van der Waals surface area contributed by atoms with Crippen molar-refractivity contribution < 1.29 is 13.9 Å². The second-order valence-electron chi connectivity index (χ2n) is 3.22. The number of carbonyl (C=O) groups is 1. The molecule has 1 aromatic heterocycles. The van der Waals surface area contributed by atoms with Gasteiger partial charge in [0.05, 0.1) is 11.8 Å². The quantitative estimate of drug-likeness (QED) is 0.672. The summed E-state index contributed by atoms with van der Waals surface area (Å²) in [5.74, 6) is -0.851. The summed E-state index contributed by atoms with van der Waals surface area (Å²) >= 11 is 0. The van der Waals surface area contributed by atoms with Crippen molar-refractivity contribution in [2.45, 2.75) is 18.9 Å². The Kier molecular flexibility index (Phi) is 2.54. The van der Waals surface area contributed by atoms with E-state index in [1.807, 2.05) is 0 Å². The number of Topliss-reactive ketones (excluding diaryl/α,β-unsaturated/α-hetero) is 1. The Bertz CT molecular complexity index is 348. The number of carbonyl (C=O) groups excluding carboxylic acids is 1. The predicted octanol–water partition coefficient (Wildman–Crippen LogP) is 1.58. The molecule has 1 saturated heterocycles. The van der Waals surface area contributed by atoms with E-state index in [4.69, 9.17) is 4.74 Å². The minimum Gasteiger partial charge on any atom is -0.370 e. The Morgan fingerprint density at radius 3 is 3.14 bits per heavy atom. The molecule has 0 bridgehead atoms. The van der Waals surface area contributed by atoms with E-state index in [-0.39, 0.29) is 11.3 Å². The molecule has 3 nitrogen and oxygen atoms in total. The maximum absolute atomic E-state index is 13.2. The molecule has 1 atom stereocenters. The summed E-state index contributed by atoms with van der Waals surface area (Å²) in [6.45, 7) is 0.586. The second-order valence-corrected chi connectivity index (χ2v) is 3.22. The van der Waals surface area contributed by atoms with Crippen molar-refractivity contribution in [3.05, 3.63) is 29.8 Å². The molecular weight excluding hydrogens is 185 g/mol. The van der Waals surface area contributed by atoms with Gasteiger partial charge in [0.25, 0.3) is 0 Å². The summed E-state index contributed by atoms with van der Waals surface area (Å²) in [4.78, 5) is 15.3. The third kappa shape index (κ3) is 1.65. The van der Waals surface area contributed by atoms with E-state index >= 15 is 0 Å². The molecular formula is C10H10FNO2. The molecule has 1 unspecified atom stereocenters. The maximum Gasteiger partial charge on any atom is 0.194 e. The largest absolute Gasteiger partial charge is 0.370 e. The van der Waals surface area contributed by atoms with Crippen molar-refractivity contribution in [1.82, 2.24) is 4.98 Å². The van der Waals surface area contributed by atoms with E-state index in [1.165, 1.54) is 12.3 Å². The van der Waals surface area contributed by atoms with Gasteiger partial charge in [0.15, 0.2) is 11.6 Å². The lowest BCUT2D eigenvalue weighted by Gasteiger charge is -2.07. The maximum atomic E-state index is 13.2. The number of hydrogen-bond donors (Lipinski definition) is 0. The molecule has 1 aromatic rings. The number of hydrogen-bond acceptors (Lipinski definition) is 3. The lowest BCUT2D eigenvalue weighted by atomic mass is 10.1. The molecule has 1 fully saturated rings. The second kappa shape index (κ2) is 3.84. The Morgan fingerprint density at radius 2 is 2.50 bits per heavy atom. The fourth-order valence-electron chi connectivity index (χ4n) is 1.53. The average Bonchev–Trinajstić information content (AvgIpc) is 2.70. The molecule has 2 heterocycles. The zero-order valence-corrected chi connectivity index (χ0v) is 7.57. The van der Waals surface area contributed by atoms with Crippen LogP contribution in [0.15, 0.2) is 18.5 Å². The first-order valence-electron chi connectivity index (χ1n) is 4.54. The van der Waals surface area contributed by atoms with Crippen molar-refractivity contribution >= 4 is 5.78 Å². The van der Waals surface area contributed by atoms with Gasteiger partial charge in [-0.15, -0.1) is 0 Å². The topological polar surface area (TPSA) is 39.2 Å². The van der Waals surface area contributed by atoms with E-state index in [1.54, 1.807) is 0 Å². The first-order valence-corrected chi connectivity index (χ1v) is 4.54. The van der Waals surface area contributed by atoms with Gasteiger partial charge >= 0.3 is 0 Å². The normalized spacial score (nSPS) is 21.1. The van der Waals surface area contributed by atoms with Gasteiger partial charge in [-0.3, -0.25) is 9.78 Å². The Hall–Kier alpha value is -1.29. The fraction of sp³-hybridized carbons (Fsp3) is 0.400. The highest BCUT2D eigenvalue weighted by Gasteiger charge is 2.26. The van der Waals surface area contributed by atoms with Crippen LogP contribution in [0.2, 0.25) is 0 Å². The molecule has 0 N–H and O–H groups in total. The Labute approximate surface area is 80.9 Å². The molecule has 1 aliphatic heterocycles. The van der Waals surface area contributed by atoms with E-state index in [0.717, 1.165) is 12.6 Å². The molecule has 4 heteroatoms. The van der Waals surface area contributed by atoms with Crippen LogP contribution in [0.1, 0.15) is 23.2 Å². The van der Waals surface area contributed by atoms with Gasteiger partial charge < -0.3 is 4.74 Å². The van der Waals surface area contributed by atoms with Crippen molar-refractivity contribution in [1.29, 1.82) is 0 Å². The third-order valence-electron chi connectivity index (χ3n) is 2.26. The van der Waals surface area contributed by atoms with Crippen molar-refractivity contribution in [2.75, 3.05) is 6.61 Å². The standard InChI is InChI=1S/C10H10FNO2/c11-8-6-12-4-3-7(8)10(13)9-2-1-5-14-9/h3-4,6,9H,1-2,5H2. The number of halogens is 1. The summed E-state index contributed by atoms with van der Waals surface area (Å²) in [5, 5.41) is 0. The smallest absolute Gasteiger partial charge is 0.194 e. The van der Waals surface area contributed by atoms with Crippen molar-refractivity contribution in [2.24, 2.45) is 0 Å². The highest BCUT2D eigenvalue weighted by atomic mass is 19.1. The van der Waals surface area contributed by atoms with E-state index in [0.29, 0.717) is 13.0 Å². The molecule has 0 saturated carbocycles. The SMILES string of the molecule is O=C(c1ccncc1F)C1CCCO1. The van der Waals surface area contributed by atoms with Crippen LogP contribution in [0.3, 0.4) is 0 Å². The van der Waals surface area contributed by atoms with Gasteiger partial charge in [-0.25, -0.2) is 4.39 Å². The summed E-state index contributed by atoms with van der Waals surface area (Å²) < 4.78 is 18.3. The highest BCUT2D eigenvalue weighted by molar-refractivity contribution is 5.99. The van der Waals surface area contributed by atoms with Crippen molar-refractivity contribution in [3.63, 3.8) is 0 Å². The molecule has 14 heavy (non-hydrogen) atoms. The summed E-state index contributed by atoms with van der Waals surface area (Å²) in [6.07, 6.45) is 3.53. The van der Waals surface area contributed by atoms with Gasteiger partial charge in [0.2, 0.25) is 0 Å². The minimum absolute atomic E-state index is 0.0758. The number of nitrogens with zero attached hydrogens (tertiary/aromatic N) is 1. The fourth-order valence-corrected chi connectivity index (χ4v) is 1.53. The molecule has 1 aliphatic rings. The van der Waals surface area contributed by atoms with Gasteiger partial charge in [-0.05, 0) is 18.9 Å². The van der Waals surface area contributed by atoms with Crippen LogP contribution < -0.4 is 0 Å². The van der Waals surface area contributed by atoms with E-state index in [9.17, 15) is 9.18 Å². The zero-order chi connectivity index (χ0) is 9.97. The van der Waals surface area contributed by atoms with E-state index < -0.39 is 11.9 Å². The average molecular weight is 195 g/mol. The van der Waals surface area contributed by atoms with E-state index in [2.05, 4.69) is 4.98 Å². The number of ketones is 1. The lowest BCUT2D eigenvalue weighted by molar-refractivity contribution is 0.0638. The van der Waals surface area contributed by atoms with Gasteiger partial charge in [-0.2, -0.15) is 0 Å². The number of rotatable bonds is 2. The number of aromatic nitrogens is 1. The van der Waals surface area contributed by atoms with Crippen LogP contribution >= 0.6 is 0 Å².